The summed E-state index contributed by atoms with van der Waals surface area (Å²) in [6.45, 7) is 5.73. The van der Waals surface area contributed by atoms with E-state index in [-0.39, 0.29) is 0 Å². The summed E-state index contributed by atoms with van der Waals surface area (Å²) in [5.41, 5.74) is 2.54. The smallest absolute Gasteiger partial charge is 0.0122 e. The molecule has 0 aliphatic heterocycles. The highest BCUT2D eigenvalue weighted by atomic mass is 14.0. The second-order valence-corrected chi connectivity index (χ2v) is 2.26. The summed E-state index contributed by atoms with van der Waals surface area (Å²) >= 11 is 0. The van der Waals surface area contributed by atoms with Crippen LogP contribution < -0.4 is 0 Å². The Morgan fingerprint density at radius 1 is 1.30 bits per heavy atom. The third-order valence-electron chi connectivity index (χ3n) is 1.49. The van der Waals surface area contributed by atoms with Crippen molar-refractivity contribution in [3.8, 4) is 0 Å². The Balaban J connectivity index is 2.91. The zero-order valence-corrected chi connectivity index (χ0v) is 6.17. The Kier molecular flexibility index (Phi) is 2.27. The van der Waals surface area contributed by atoms with Crippen molar-refractivity contribution in [1.29, 1.82) is 0 Å². The summed E-state index contributed by atoms with van der Waals surface area (Å²) in [7, 11) is 0. The lowest BCUT2D eigenvalue weighted by Gasteiger charge is -1.98. The lowest BCUT2D eigenvalue weighted by Crippen LogP contribution is -1.81. The van der Waals surface area contributed by atoms with Gasteiger partial charge in [0.15, 0.2) is 0 Å². The van der Waals surface area contributed by atoms with Gasteiger partial charge in [-0.3, -0.25) is 0 Å². The molecule has 0 N–H and O–H groups in total. The van der Waals surface area contributed by atoms with Crippen LogP contribution in [0.25, 0.3) is 0 Å². The summed E-state index contributed by atoms with van der Waals surface area (Å²) < 4.78 is 0. The SMILES string of the molecule is C=C[CH]c1ccccc1C. The number of hydrogen-bond acceptors (Lipinski definition) is 0. The van der Waals surface area contributed by atoms with Crippen LogP contribution >= 0.6 is 0 Å². The average molecular weight is 131 g/mol. The number of rotatable bonds is 2. The number of allylic oxidation sites excluding steroid dienone is 1. The first-order chi connectivity index (χ1) is 4.84. The van der Waals surface area contributed by atoms with Crippen LogP contribution in [0, 0.1) is 13.3 Å². The molecule has 0 unspecified atom stereocenters. The molecule has 0 heteroatoms. The van der Waals surface area contributed by atoms with Gasteiger partial charge in [0.2, 0.25) is 0 Å². The summed E-state index contributed by atoms with van der Waals surface area (Å²) in [4.78, 5) is 0. The Morgan fingerprint density at radius 2 is 2.00 bits per heavy atom. The van der Waals surface area contributed by atoms with Crippen LogP contribution in [0.5, 0.6) is 0 Å². The fraction of sp³-hybridized carbons (Fsp3) is 0.100. The van der Waals surface area contributed by atoms with Gasteiger partial charge >= 0.3 is 0 Å². The Labute approximate surface area is 62.2 Å². The minimum Gasteiger partial charge on any atom is -0.102 e. The molecule has 1 aromatic carbocycles. The molecule has 0 nitrogen and oxygen atoms in total. The first-order valence-corrected chi connectivity index (χ1v) is 3.36. The molecule has 1 radical (unpaired) electrons. The van der Waals surface area contributed by atoms with Gasteiger partial charge in [0.25, 0.3) is 0 Å². The number of hydrogen-bond donors (Lipinski definition) is 0. The zero-order valence-electron chi connectivity index (χ0n) is 6.17. The van der Waals surface area contributed by atoms with E-state index in [1.54, 1.807) is 0 Å². The van der Waals surface area contributed by atoms with E-state index in [0.717, 1.165) is 0 Å². The van der Waals surface area contributed by atoms with Gasteiger partial charge in [0.1, 0.15) is 0 Å². The molecule has 51 valence electrons. The van der Waals surface area contributed by atoms with Crippen molar-refractivity contribution < 1.29 is 0 Å². The highest BCUT2D eigenvalue weighted by Gasteiger charge is 1.91. The van der Waals surface area contributed by atoms with E-state index in [4.69, 9.17) is 0 Å². The largest absolute Gasteiger partial charge is 0.102 e. The molecule has 0 bridgehead atoms. The van der Waals surface area contributed by atoms with Crippen LogP contribution in [0.15, 0.2) is 36.9 Å². The molecule has 0 saturated carbocycles. The quantitative estimate of drug-likeness (QED) is 0.579. The zero-order chi connectivity index (χ0) is 7.40. The van der Waals surface area contributed by atoms with Crippen molar-refractivity contribution in [1.82, 2.24) is 0 Å². The Bertz CT molecular complexity index is 223. The van der Waals surface area contributed by atoms with Gasteiger partial charge in [0.05, 0.1) is 0 Å². The first-order valence-electron chi connectivity index (χ1n) is 3.36. The summed E-state index contributed by atoms with van der Waals surface area (Å²) in [6, 6.07) is 8.24. The fourth-order valence-electron chi connectivity index (χ4n) is 0.901. The normalized spacial score (nSPS) is 9.30. The van der Waals surface area contributed by atoms with Crippen LogP contribution in [0.4, 0.5) is 0 Å². The average Bonchev–Trinajstić information content (AvgIpc) is 1.94. The van der Waals surface area contributed by atoms with Gasteiger partial charge in [-0.15, -0.1) is 6.58 Å². The molecule has 0 aliphatic carbocycles. The highest BCUT2D eigenvalue weighted by molar-refractivity contribution is 5.34. The fourth-order valence-corrected chi connectivity index (χ4v) is 0.901. The van der Waals surface area contributed by atoms with Crippen LogP contribution in [-0.4, -0.2) is 0 Å². The summed E-state index contributed by atoms with van der Waals surface area (Å²) in [5, 5.41) is 0. The predicted molar refractivity (Wildman–Crippen MR) is 44.8 cm³/mol. The third kappa shape index (κ3) is 1.47. The number of aryl methyl sites for hydroxylation is 1. The monoisotopic (exact) mass is 131 g/mol. The van der Waals surface area contributed by atoms with Gasteiger partial charge in [-0.25, -0.2) is 0 Å². The molecule has 0 aromatic heterocycles. The molecule has 0 fully saturated rings. The molecule has 1 aromatic rings. The minimum absolute atomic E-state index is 1.25. The first kappa shape index (κ1) is 7.07. The van der Waals surface area contributed by atoms with Crippen LogP contribution in [0.3, 0.4) is 0 Å². The molecule has 0 amide bonds. The third-order valence-corrected chi connectivity index (χ3v) is 1.49. The van der Waals surface area contributed by atoms with Gasteiger partial charge in [-0.1, -0.05) is 30.3 Å². The van der Waals surface area contributed by atoms with Crippen LogP contribution in [-0.2, 0) is 0 Å². The lowest BCUT2D eigenvalue weighted by molar-refractivity contribution is 1.38. The van der Waals surface area contributed by atoms with E-state index >= 15 is 0 Å². The second kappa shape index (κ2) is 3.21. The van der Waals surface area contributed by atoms with E-state index in [1.807, 2.05) is 24.6 Å². The van der Waals surface area contributed by atoms with E-state index in [1.165, 1.54) is 11.1 Å². The molecular formula is C10H11. The summed E-state index contributed by atoms with van der Waals surface area (Å²) in [5.74, 6) is 0. The molecule has 1 rings (SSSR count). The molecule has 0 atom stereocenters. The van der Waals surface area contributed by atoms with Gasteiger partial charge in [-0.2, -0.15) is 0 Å². The van der Waals surface area contributed by atoms with E-state index in [0.29, 0.717) is 0 Å². The predicted octanol–water partition coefficient (Wildman–Crippen LogP) is 2.73. The van der Waals surface area contributed by atoms with E-state index in [2.05, 4.69) is 25.6 Å². The number of benzene rings is 1. The molecule has 10 heavy (non-hydrogen) atoms. The van der Waals surface area contributed by atoms with Crippen LogP contribution in [0.1, 0.15) is 11.1 Å². The molecular weight excluding hydrogens is 120 g/mol. The maximum Gasteiger partial charge on any atom is 0.0122 e. The Hall–Kier alpha value is -1.04. The highest BCUT2D eigenvalue weighted by Crippen LogP contribution is 2.08. The molecule has 0 spiro atoms. The van der Waals surface area contributed by atoms with E-state index < -0.39 is 0 Å². The second-order valence-electron chi connectivity index (χ2n) is 2.26. The maximum absolute atomic E-state index is 3.64. The summed E-state index contributed by atoms with van der Waals surface area (Å²) in [6.07, 6.45) is 3.82. The van der Waals surface area contributed by atoms with Crippen molar-refractivity contribution in [3.05, 3.63) is 54.5 Å². The van der Waals surface area contributed by atoms with E-state index in [9.17, 15) is 0 Å². The van der Waals surface area contributed by atoms with Crippen LogP contribution in [0.2, 0.25) is 0 Å². The van der Waals surface area contributed by atoms with Crippen molar-refractivity contribution in [2.75, 3.05) is 0 Å². The van der Waals surface area contributed by atoms with Crippen molar-refractivity contribution in [2.45, 2.75) is 6.92 Å². The van der Waals surface area contributed by atoms with Gasteiger partial charge < -0.3 is 0 Å². The standard InChI is InChI=1S/C10H11/c1-3-6-10-8-5-4-7-9(10)2/h3-8H,1H2,2H3. The van der Waals surface area contributed by atoms with Crippen molar-refractivity contribution in [2.24, 2.45) is 0 Å². The van der Waals surface area contributed by atoms with Crippen molar-refractivity contribution in [3.63, 3.8) is 0 Å². The topological polar surface area (TPSA) is 0 Å². The maximum atomic E-state index is 3.64. The molecule has 0 heterocycles. The van der Waals surface area contributed by atoms with Crippen molar-refractivity contribution >= 4 is 0 Å². The van der Waals surface area contributed by atoms with Gasteiger partial charge in [0, 0.05) is 6.42 Å². The molecule has 0 saturated heterocycles. The van der Waals surface area contributed by atoms with Gasteiger partial charge in [-0.05, 0) is 18.1 Å². The molecule has 0 aliphatic rings. The lowest BCUT2D eigenvalue weighted by atomic mass is 10.1. The minimum atomic E-state index is 1.25. The Morgan fingerprint density at radius 3 is 2.60 bits per heavy atom.